The number of carboxylic acid groups (broad SMARTS) is 1. The van der Waals surface area contributed by atoms with Crippen LogP contribution in [0, 0.1) is 0 Å². The molecule has 1 aromatic heterocycles. The maximum atomic E-state index is 12.8. The fourth-order valence-electron chi connectivity index (χ4n) is 2.85. The predicted molar refractivity (Wildman–Crippen MR) is 108 cm³/mol. The molecule has 1 heterocycles. The molecule has 7 heteroatoms. The molecule has 7 nitrogen and oxygen atoms in total. The van der Waals surface area contributed by atoms with E-state index in [9.17, 15) is 19.5 Å². The molecule has 0 aliphatic heterocycles. The topological polar surface area (TPSA) is 97.6 Å². The van der Waals surface area contributed by atoms with Gasteiger partial charge in [0.05, 0.1) is 0 Å². The Hall–Kier alpha value is -3.87. The van der Waals surface area contributed by atoms with Gasteiger partial charge in [-0.3, -0.25) is 19.5 Å². The number of rotatable bonds is 7. The molecule has 0 saturated carbocycles. The van der Waals surface area contributed by atoms with Crippen molar-refractivity contribution in [3.05, 3.63) is 100.0 Å². The molecule has 3 rings (SSSR count). The van der Waals surface area contributed by atoms with Gasteiger partial charge in [0.1, 0.15) is 18.8 Å². The number of nitrogens with one attached hydrogen (secondary N) is 1. The summed E-state index contributed by atoms with van der Waals surface area (Å²) >= 11 is 0. The number of aliphatic carboxylic acids is 1. The van der Waals surface area contributed by atoms with E-state index in [1.54, 1.807) is 6.07 Å². The summed E-state index contributed by atoms with van der Waals surface area (Å²) in [5, 5.41) is 11.6. The van der Waals surface area contributed by atoms with Crippen molar-refractivity contribution >= 4 is 17.7 Å². The molecule has 0 unspecified atom stereocenters. The Morgan fingerprint density at radius 1 is 0.897 bits per heavy atom. The number of amides is 1. The summed E-state index contributed by atoms with van der Waals surface area (Å²) in [6.45, 7) is -0.447. The summed E-state index contributed by atoms with van der Waals surface area (Å²) in [7, 11) is 0. The second-order valence-corrected chi connectivity index (χ2v) is 6.37. The van der Waals surface area contributed by atoms with E-state index in [4.69, 9.17) is 4.74 Å². The quantitative estimate of drug-likeness (QED) is 0.643. The lowest BCUT2D eigenvalue weighted by Crippen LogP contribution is -2.30. The third-order valence-corrected chi connectivity index (χ3v) is 4.24. The number of carbonyl (C=O) groups excluding carboxylic acids is 1. The Labute approximate surface area is 167 Å². The largest absolute Gasteiger partial charge is 0.480 e. The normalized spacial score (nSPS) is 10.3. The highest BCUT2D eigenvalue weighted by Gasteiger charge is 2.14. The first-order chi connectivity index (χ1) is 14.0. The molecule has 0 aliphatic rings. The van der Waals surface area contributed by atoms with Crippen molar-refractivity contribution in [2.75, 3.05) is 5.32 Å². The molecule has 2 N–H and O–H groups in total. The Morgan fingerprint density at radius 3 is 2.14 bits per heavy atom. The number of nitrogens with zero attached hydrogens (tertiary/aromatic N) is 1. The summed E-state index contributed by atoms with van der Waals surface area (Å²) in [6, 6.07) is 21.6. The lowest BCUT2D eigenvalue weighted by molar-refractivity contribution is -0.137. The number of pyridine rings is 1. The Balaban J connectivity index is 1.77. The molecule has 0 saturated heterocycles. The highest BCUT2D eigenvalue weighted by atomic mass is 16.5. The monoisotopic (exact) mass is 392 g/mol. The van der Waals surface area contributed by atoms with Gasteiger partial charge < -0.3 is 9.84 Å². The van der Waals surface area contributed by atoms with Crippen LogP contribution in [-0.2, 0) is 29.1 Å². The molecule has 148 valence electrons. The lowest BCUT2D eigenvalue weighted by atomic mass is 10.1. The van der Waals surface area contributed by atoms with E-state index in [1.165, 1.54) is 6.07 Å². The van der Waals surface area contributed by atoms with Gasteiger partial charge in [-0.15, -0.1) is 0 Å². The number of aromatic nitrogens is 1. The van der Waals surface area contributed by atoms with Crippen molar-refractivity contribution < 1.29 is 19.4 Å². The van der Waals surface area contributed by atoms with Crippen LogP contribution in [-0.4, -0.2) is 21.7 Å². The van der Waals surface area contributed by atoms with Gasteiger partial charge in [0.25, 0.3) is 5.56 Å². The average molecular weight is 392 g/mol. The van der Waals surface area contributed by atoms with Crippen LogP contribution in [0.1, 0.15) is 16.8 Å². The maximum absolute atomic E-state index is 12.8. The molecule has 0 fully saturated rings. The van der Waals surface area contributed by atoms with E-state index in [1.807, 2.05) is 60.7 Å². The van der Waals surface area contributed by atoms with Crippen LogP contribution in [0.5, 0.6) is 0 Å². The predicted octanol–water partition coefficient (Wildman–Crippen LogP) is 3.27. The number of carbonyl (C=O) groups is 2. The van der Waals surface area contributed by atoms with Crippen LogP contribution in [0.15, 0.2) is 77.6 Å². The van der Waals surface area contributed by atoms with Gasteiger partial charge in [-0.05, 0) is 23.3 Å². The minimum atomic E-state index is -1.15. The van der Waals surface area contributed by atoms with E-state index in [0.717, 1.165) is 15.7 Å². The maximum Gasteiger partial charge on any atom is 0.412 e. The molecule has 0 radical (unpaired) electrons. The number of hydrogen-bond acceptors (Lipinski definition) is 4. The van der Waals surface area contributed by atoms with Crippen LogP contribution >= 0.6 is 0 Å². The van der Waals surface area contributed by atoms with Crippen molar-refractivity contribution in [2.24, 2.45) is 0 Å². The second-order valence-electron chi connectivity index (χ2n) is 6.37. The molecule has 0 bridgehead atoms. The van der Waals surface area contributed by atoms with Crippen molar-refractivity contribution in [3.8, 4) is 0 Å². The zero-order valence-corrected chi connectivity index (χ0v) is 15.6. The number of carboxylic acids is 1. The van der Waals surface area contributed by atoms with Crippen LogP contribution in [0.3, 0.4) is 0 Å². The van der Waals surface area contributed by atoms with Gasteiger partial charge in [-0.25, -0.2) is 4.79 Å². The molecule has 0 spiro atoms. The SMILES string of the molecule is O=C(O)Cn1c(Cc2ccccc2)ccc(NC(=O)OCc2ccccc2)c1=O. The molecule has 1 amide bonds. The third-order valence-electron chi connectivity index (χ3n) is 4.24. The average Bonchev–Trinajstić information content (AvgIpc) is 2.72. The summed E-state index contributed by atoms with van der Waals surface area (Å²) < 4.78 is 6.26. The van der Waals surface area contributed by atoms with Crippen molar-refractivity contribution in [1.29, 1.82) is 0 Å². The third kappa shape index (κ3) is 5.55. The van der Waals surface area contributed by atoms with Crippen molar-refractivity contribution in [3.63, 3.8) is 0 Å². The molecular formula is C22H20N2O5. The van der Waals surface area contributed by atoms with Gasteiger partial charge in [0.15, 0.2) is 0 Å². The van der Waals surface area contributed by atoms with Crippen LogP contribution in [0.2, 0.25) is 0 Å². The summed E-state index contributed by atoms with van der Waals surface area (Å²) in [6.07, 6.45) is -0.397. The highest BCUT2D eigenvalue weighted by molar-refractivity contribution is 5.84. The van der Waals surface area contributed by atoms with Gasteiger partial charge in [0, 0.05) is 12.1 Å². The summed E-state index contributed by atoms with van der Waals surface area (Å²) in [4.78, 5) is 36.1. The van der Waals surface area contributed by atoms with Gasteiger partial charge in [0.2, 0.25) is 0 Å². The van der Waals surface area contributed by atoms with Crippen molar-refractivity contribution in [2.45, 2.75) is 19.6 Å². The van der Waals surface area contributed by atoms with Crippen LogP contribution < -0.4 is 10.9 Å². The van der Waals surface area contributed by atoms with E-state index in [-0.39, 0.29) is 12.3 Å². The minimum Gasteiger partial charge on any atom is -0.480 e. The van der Waals surface area contributed by atoms with Gasteiger partial charge in [-0.1, -0.05) is 60.7 Å². The Morgan fingerprint density at radius 2 is 1.52 bits per heavy atom. The van der Waals surface area contributed by atoms with Crippen LogP contribution in [0.4, 0.5) is 10.5 Å². The molecule has 2 aromatic carbocycles. The first-order valence-electron chi connectivity index (χ1n) is 8.99. The molecule has 29 heavy (non-hydrogen) atoms. The van der Waals surface area contributed by atoms with Gasteiger partial charge >= 0.3 is 12.1 Å². The Bertz CT molecular complexity index is 1050. The number of ether oxygens (including phenoxy) is 1. The molecular weight excluding hydrogens is 372 g/mol. The molecule has 0 atom stereocenters. The minimum absolute atomic E-state index is 0.0406. The van der Waals surface area contributed by atoms with Crippen molar-refractivity contribution in [1.82, 2.24) is 4.57 Å². The molecule has 3 aromatic rings. The van der Waals surface area contributed by atoms with Gasteiger partial charge in [-0.2, -0.15) is 0 Å². The van der Waals surface area contributed by atoms with E-state index >= 15 is 0 Å². The van der Waals surface area contributed by atoms with E-state index in [0.29, 0.717) is 12.1 Å². The second kappa shape index (κ2) is 9.36. The summed E-state index contributed by atoms with van der Waals surface area (Å²) in [5.41, 5.74) is 1.64. The number of hydrogen-bond donors (Lipinski definition) is 2. The Kier molecular flexibility index (Phi) is 6.42. The highest BCUT2D eigenvalue weighted by Crippen LogP contribution is 2.11. The van der Waals surface area contributed by atoms with Crippen LogP contribution in [0.25, 0.3) is 0 Å². The zero-order valence-electron chi connectivity index (χ0n) is 15.6. The zero-order chi connectivity index (χ0) is 20.6. The molecule has 0 aliphatic carbocycles. The summed E-state index contributed by atoms with van der Waals surface area (Å²) in [5.74, 6) is -1.15. The van der Waals surface area contributed by atoms with E-state index in [2.05, 4.69) is 5.32 Å². The fraction of sp³-hybridized carbons (Fsp3) is 0.136. The number of anilines is 1. The van der Waals surface area contributed by atoms with E-state index < -0.39 is 24.2 Å². The lowest BCUT2D eigenvalue weighted by Gasteiger charge is -2.14. The first-order valence-corrected chi connectivity index (χ1v) is 8.99. The smallest absolute Gasteiger partial charge is 0.412 e. The first kappa shape index (κ1) is 19.9. The fourth-order valence-corrected chi connectivity index (χ4v) is 2.85. The standard InChI is InChI=1S/C22H20N2O5/c25-20(26)14-24-18(13-16-7-3-1-4-8-16)11-12-19(21(24)27)23-22(28)29-15-17-9-5-2-6-10-17/h1-12H,13-15H2,(H,23,28)(H,25,26). The number of benzene rings is 2.